The van der Waals surface area contributed by atoms with Crippen LogP contribution in [0, 0.1) is 6.92 Å². The molecule has 1 aromatic carbocycles. The van der Waals surface area contributed by atoms with Gasteiger partial charge in [-0.15, -0.1) is 0 Å². The fourth-order valence-corrected chi connectivity index (χ4v) is 2.62. The lowest BCUT2D eigenvalue weighted by Gasteiger charge is -2.30. The van der Waals surface area contributed by atoms with Crippen LogP contribution in [0.3, 0.4) is 0 Å². The molecule has 1 saturated heterocycles. The van der Waals surface area contributed by atoms with E-state index in [1.165, 1.54) is 36.9 Å². The van der Waals surface area contributed by atoms with Crippen molar-refractivity contribution in [2.24, 2.45) is 0 Å². The number of nitrogens with one attached hydrogen (secondary N) is 1. The molecule has 0 aromatic heterocycles. The standard InChI is InChI=1S/C14H21N/c1-11-7-3-4-8-13(11)12(2)14-9-5-6-10-15-14/h3-4,7-8,12,14-15H,5-6,9-10H2,1-2H3. The molecule has 2 unspecified atom stereocenters. The quantitative estimate of drug-likeness (QED) is 0.778. The van der Waals surface area contributed by atoms with Crippen molar-refractivity contribution in [1.82, 2.24) is 5.32 Å². The summed E-state index contributed by atoms with van der Waals surface area (Å²) in [6.07, 6.45) is 4.06. The lowest BCUT2D eigenvalue weighted by Crippen LogP contribution is -2.38. The molecule has 1 N–H and O–H groups in total. The summed E-state index contributed by atoms with van der Waals surface area (Å²) < 4.78 is 0. The summed E-state index contributed by atoms with van der Waals surface area (Å²) in [7, 11) is 0. The fraction of sp³-hybridized carbons (Fsp3) is 0.571. The summed E-state index contributed by atoms with van der Waals surface area (Å²) in [6.45, 7) is 5.76. The summed E-state index contributed by atoms with van der Waals surface area (Å²) in [5.74, 6) is 0.645. The molecule has 0 saturated carbocycles. The molecule has 1 aliphatic heterocycles. The van der Waals surface area contributed by atoms with E-state index in [4.69, 9.17) is 0 Å². The van der Waals surface area contributed by atoms with Crippen molar-refractivity contribution in [3.05, 3.63) is 35.4 Å². The molecule has 1 fully saturated rings. The van der Waals surface area contributed by atoms with Crippen LogP contribution in [0.1, 0.15) is 43.2 Å². The minimum absolute atomic E-state index is 0.645. The molecule has 0 amide bonds. The van der Waals surface area contributed by atoms with Crippen LogP contribution >= 0.6 is 0 Å². The van der Waals surface area contributed by atoms with Crippen LogP contribution < -0.4 is 5.32 Å². The topological polar surface area (TPSA) is 12.0 Å². The van der Waals surface area contributed by atoms with E-state index >= 15 is 0 Å². The molecular weight excluding hydrogens is 182 g/mol. The highest BCUT2D eigenvalue weighted by Gasteiger charge is 2.21. The summed E-state index contributed by atoms with van der Waals surface area (Å²) >= 11 is 0. The van der Waals surface area contributed by atoms with Gasteiger partial charge >= 0.3 is 0 Å². The van der Waals surface area contributed by atoms with E-state index < -0.39 is 0 Å². The Morgan fingerprint density at radius 2 is 2.07 bits per heavy atom. The molecule has 1 heteroatoms. The Balaban J connectivity index is 2.12. The highest BCUT2D eigenvalue weighted by molar-refractivity contribution is 5.29. The third-order valence-electron chi connectivity index (χ3n) is 3.63. The Bertz CT molecular complexity index is 313. The summed E-state index contributed by atoms with van der Waals surface area (Å²) in [5, 5.41) is 3.64. The average Bonchev–Trinajstić information content (AvgIpc) is 2.30. The zero-order valence-electron chi connectivity index (χ0n) is 9.79. The van der Waals surface area contributed by atoms with Crippen LogP contribution in [0.2, 0.25) is 0 Å². The Kier molecular flexibility index (Phi) is 3.42. The van der Waals surface area contributed by atoms with Gasteiger partial charge in [0.25, 0.3) is 0 Å². The highest BCUT2D eigenvalue weighted by Crippen LogP contribution is 2.26. The van der Waals surface area contributed by atoms with Gasteiger partial charge < -0.3 is 5.32 Å². The zero-order valence-corrected chi connectivity index (χ0v) is 9.79. The minimum Gasteiger partial charge on any atom is -0.313 e. The van der Waals surface area contributed by atoms with Gasteiger partial charge in [-0.05, 0) is 43.4 Å². The van der Waals surface area contributed by atoms with E-state index in [1.807, 2.05) is 0 Å². The van der Waals surface area contributed by atoms with Crippen LogP contribution in [0.5, 0.6) is 0 Å². The number of rotatable bonds is 2. The summed E-state index contributed by atoms with van der Waals surface area (Å²) in [6, 6.07) is 9.45. The van der Waals surface area contributed by atoms with E-state index in [0.29, 0.717) is 12.0 Å². The van der Waals surface area contributed by atoms with Crippen LogP contribution in [0.15, 0.2) is 24.3 Å². The van der Waals surface area contributed by atoms with Gasteiger partial charge in [0, 0.05) is 6.04 Å². The third kappa shape index (κ3) is 2.40. The lowest BCUT2D eigenvalue weighted by atomic mass is 9.86. The molecule has 2 atom stereocenters. The Morgan fingerprint density at radius 1 is 1.27 bits per heavy atom. The normalized spacial score (nSPS) is 23.7. The fourth-order valence-electron chi connectivity index (χ4n) is 2.62. The number of hydrogen-bond donors (Lipinski definition) is 1. The maximum atomic E-state index is 3.64. The average molecular weight is 203 g/mol. The number of aryl methyl sites for hydroxylation is 1. The zero-order chi connectivity index (χ0) is 10.7. The number of benzene rings is 1. The maximum absolute atomic E-state index is 3.64. The van der Waals surface area contributed by atoms with Gasteiger partial charge in [-0.3, -0.25) is 0 Å². The molecule has 0 spiro atoms. The highest BCUT2D eigenvalue weighted by atomic mass is 14.9. The van der Waals surface area contributed by atoms with E-state index in [2.05, 4.69) is 43.4 Å². The monoisotopic (exact) mass is 203 g/mol. The second-order valence-corrected chi connectivity index (χ2v) is 4.70. The van der Waals surface area contributed by atoms with Gasteiger partial charge in [0.1, 0.15) is 0 Å². The van der Waals surface area contributed by atoms with E-state index in [1.54, 1.807) is 0 Å². The molecule has 1 aliphatic rings. The first-order chi connectivity index (χ1) is 7.29. The van der Waals surface area contributed by atoms with Gasteiger partial charge in [0.05, 0.1) is 0 Å². The molecule has 0 radical (unpaired) electrons. The first-order valence-corrected chi connectivity index (χ1v) is 6.08. The number of piperidine rings is 1. The van der Waals surface area contributed by atoms with Crippen molar-refractivity contribution < 1.29 is 0 Å². The molecule has 1 aromatic rings. The van der Waals surface area contributed by atoms with Gasteiger partial charge in [-0.25, -0.2) is 0 Å². The van der Waals surface area contributed by atoms with Crippen molar-refractivity contribution in [3.63, 3.8) is 0 Å². The van der Waals surface area contributed by atoms with Crippen molar-refractivity contribution in [2.75, 3.05) is 6.54 Å². The second-order valence-electron chi connectivity index (χ2n) is 4.70. The van der Waals surface area contributed by atoms with E-state index in [0.717, 1.165) is 0 Å². The number of hydrogen-bond acceptors (Lipinski definition) is 1. The lowest BCUT2D eigenvalue weighted by molar-refractivity contribution is 0.361. The van der Waals surface area contributed by atoms with E-state index in [9.17, 15) is 0 Å². The molecular formula is C14H21N. The van der Waals surface area contributed by atoms with Crippen LogP contribution in [-0.2, 0) is 0 Å². The summed E-state index contributed by atoms with van der Waals surface area (Å²) in [5.41, 5.74) is 2.94. The maximum Gasteiger partial charge on any atom is 0.0133 e. The van der Waals surface area contributed by atoms with Gasteiger partial charge in [0.15, 0.2) is 0 Å². The minimum atomic E-state index is 0.645. The van der Waals surface area contributed by atoms with Crippen molar-refractivity contribution >= 4 is 0 Å². The first kappa shape index (κ1) is 10.7. The first-order valence-electron chi connectivity index (χ1n) is 6.08. The molecule has 1 heterocycles. The van der Waals surface area contributed by atoms with Gasteiger partial charge in [0.2, 0.25) is 0 Å². The third-order valence-corrected chi connectivity index (χ3v) is 3.63. The predicted molar refractivity (Wildman–Crippen MR) is 65.2 cm³/mol. The van der Waals surface area contributed by atoms with Crippen molar-refractivity contribution in [3.8, 4) is 0 Å². The molecule has 0 aliphatic carbocycles. The van der Waals surface area contributed by atoms with E-state index in [-0.39, 0.29) is 0 Å². The SMILES string of the molecule is Cc1ccccc1C(C)C1CCCCN1. The molecule has 2 rings (SSSR count). The Labute approximate surface area is 92.9 Å². The predicted octanol–water partition coefficient (Wildman–Crippen LogP) is 3.24. The second kappa shape index (κ2) is 4.80. The van der Waals surface area contributed by atoms with Crippen LogP contribution in [0.4, 0.5) is 0 Å². The molecule has 1 nitrogen and oxygen atoms in total. The van der Waals surface area contributed by atoms with Crippen LogP contribution in [-0.4, -0.2) is 12.6 Å². The Hall–Kier alpha value is -0.820. The van der Waals surface area contributed by atoms with Crippen molar-refractivity contribution in [2.45, 2.75) is 45.1 Å². The van der Waals surface area contributed by atoms with Gasteiger partial charge in [-0.2, -0.15) is 0 Å². The smallest absolute Gasteiger partial charge is 0.0133 e. The van der Waals surface area contributed by atoms with Crippen molar-refractivity contribution in [1.29, 1.82) is 0 Å². The molecule has 82 valence electrons. The Morgan fingerprint density at radius 3 is 2.73 bits per heavy atom. The molecule has 15 heavy (non-hydrogen) atoms. The largest absolute Gasteiger partial charge is 0.313 e. The van der Waals surface area contributed by atoms with Crippen LogP contribution in [0.25, 0.3) is 0 Å². The molecule has 0 bridgehead atoms. The summed E-state index contributed by atoms with van der Waals surface area (Å²) in [4.78, 5) is 0. The van der Waals surface area contributed by atoms with Gasteiger partial charge in [-0.1, -0.05) is 37.6 Å².